The van der Waals surface area contributed by atoms with Crippen LogP contribution in [0.2, 0.25) is 0 Å². The van der Waals surface area contributed by atoms with Crippen molar-refractivity contribution >= 4 is 23.1 Å². The van der Waals surface area contributed by atoms with Crippen molar-refractivity contribution in [3.8, 4) is 11.5 Å². The molecule has 2 aliphatic rings. The summed E-state index contributed by atoms with van der Waals surface area (Å²) >= 11 is 0. The number of aliphatic hydroxyl groups is 1. The zero-order valence-corrected chi connectivity index (χ0v) is 16.4. The highest BCUT2D eigenvalue weighted by molar-refractivity contribution is 6.51. The number of ketones is 1. The quantitative estimate of drug-likeness (QED) is 0.401. The van der Waals surface area contributed by atoms with Gasteiger partial charge in [-0.3, -0.25) is 19.5 Å². The number of fused-ring (bicyclic) bond motifs is 1. The van der Waals surface area contributed by atoms with E-state index in [2.05, 4.69) is 4.98 Å². The van der Waals surface area contributed by atoms with Gasteiger partial charge in [-0.25, -0.2) is 0 Å². The van der Waals surface area contributed by atoms with Crippen LogP contribution in [0.15, 0.2) is 78.6 Å². The van der Waals surface area contributed by atoms with Gasteiger partial charge >= 0.3 is 0 Å². The number of aliphatic hydroxyl groups excluding tert-OH is 1. The Kier molecular flexibility index (Phi) is 4.63. The molecule has 1 N–H and O–H groups in total. The van der Waals surface area contributed by atoms with E-state index in [1.54, 1.807) is 30.3 Å². The van der Waals surface area contributed by atoms with Gasteiger partial charge in [0.2, 0.25) is 0 Å². The third-order valence-corrected chi connectivity index (χ3v) is 5.32. The fourth-order valence-corrected chi connectivity index (χ4v) is 3.90. The van der Waals surface area contributed by atoms with Crippen LogP contribution in [0.3, 0.4) is 0 Å². The van der Waals surface area contributed by atoms with Gasteiger partial charge in [-0.1, -0.05) is 30.3 Å². The number of pyridine rings is 1. The van der Waals surface area contributed by atoms with E-state index in [9.17, 15) is 14.7 Å². The molecule has 0 bridgehead atoms. The van der Waals surface area contributed by atoms with Crippen molar-refractivity contribution < 1.29 is 24.2 Å². The number of carbonyl (C=O) groups excluding carboxylic acids is 2. The molecule has 0 spiro atoms. The van der Waals surface area contributed by atoms with Crippen molar-refractivity contribution in [2.24, 2.45) is 0 Å². The minimum Gasteiger partial charge on any atom is -0.507 e. The largest absolute Gasteiger partial charge is 0.507 e. The summed E-state index contributed by atoms with van der Waals surface area (Å²) in [6, 6.07) is 16.6. The SMILES string of the molecule is O=C1C(=O)N(c2ccc3c(c2)OCCO3)C(c2ccccc2)/C1=C(\O)c1ccncc1. The standard InChI is InChI=1S/C24H18N2O5/c27-22(16-8-10-25-11-9-16)20-21(15-4-2-1-3-5-15)26(24(29)23(20)28)17-6-7-18-19(14-17)31-13-12-30-18/h1-11,14,21,27H,12-13H2/b22-20+. The smallest absolute Gasteiger partial charge is 0.300 e. The number of hydrogen-bond donors (Lipinski definition) is 1. The Morgan fingerprint density at radius 3 is 2.39 bits per heavy atom. The van der Waals surface area contributed by atoms with Gasteiger partial charge in [0.25, 0.3) is 11.7 Å². The number of hydrogen-bond acceptors (Lipinski definition) is 6. The zero-order valence-electron chi connectivity index (χ0n) is 16.4. The highest BCUT2D eigenvalue weighted by atomic mass is 16.6. The van der Waals surface area contributed by atoms with Crippen molar-refractivity contribution in [2.45, 2.75) is 6.04 Å². The van der Waals surface area contributed by atoms with Crippen molar-refractivity contribution in [3.63, 3.8) is 0 Å². The Morgan fingerprint density at radius 2 is 1.65 bits per heavy atom. The normalized spacial score (nSPS) is 19.5. The molecule has 154 valence electrons. The molecule has 7 nitrogen and oxygen atoms in total. The van der Waals surface area contributed by atoms with E-state index >= 15 is 0 Å². The van der Waals surface area contributed by atoms with Crippen molar-refractivity contribution in [1.82, 2.24) is 4.98 Å². The van der Waals surface area contributed by atoms with Gasteiger partial charge in [0.15, 0.2) is 11.5 Å². The maximum atomic E-state index is 13.2. The fraction of sp³-hybridized carbons (Fsp3) is 0.125. The lowest BCUT2D eigenvalue weighted by atomic mass is 9.95. The summed E-state index contributed by atoms with van der Waals surface area (Å²) in [6.45, 7) is 0.853. The van der Waals surface area contributed by atoms with E-state index in [1.807, 2.05) is 30.3 Å². The van der Waals surface area contributed by atoms with E-state index < -0.39 is 17.7 Å². The summed E-state index contributed by atoms with van der Waals surface area (Å²) in [6.07, 6.45) is 3.03. The van der Waals surface area contributed by atoms with Crippen molar-refractivity contribution in [2.75, 3.05) is 18.1 Å². The lowest BCUT2D eigenvalue weighted by Crippen LogP contribution is -2.29. The summed E-state index contributed by atoms with van der Waals surface area (Å²) in [7, 11) is 0. The molecule has 1 saturated heterocycles. The number of anilines is 1. The predicted molar refractivity (Wildman–Crippen MR) is 113 cm³/mol. The van der Waals surface area contributed by atoms with E-state index in [1.165, 1.54) is 17.3 Å². The molecule has 31 heavy (non-hydrogen) atoms. The summed E-state index contributed by atoms with van der Waals surface area (Å²) in [5.41, 5.74) is 1.62. The Hall–Kier alpha value is -4.13. The second-order valence-electron chi connectivity index (χ2n) is 7.14. The summed E-state index contributed by atoms with van der Waals surface area (Å²) in [5, 5.41) is 11.0. The Morgan fingerprint density at radius 1 is 0.935 bits per heavy atom. The second-order valence-corrected chi connectivity index (χ2v) is 7.14. The molecule has 0 aliphatic carbocycles. The molecule has 0 radical (unpaired) electrons. The topological polar surface area (TPSA) is 89.0 Å². The summed E-state index contributed by atoms with van der Waals surface area (Å²) < 4.78 is 11.2. The summed E-state index contributed by atoms with van der Waals surface area (Å²) in [4.78, 5) is 31.6. The van der Waals surface area contributed by atoms with Crippen LogP contribution >= 0.6 is 0 Å². The fourth-order valence-electron chi connectivity index (χ4n) is 3.90. The van der Waals surface area contributed by atoms with Gasteiger partial charge in [0.1, 0.15) is 19.0 Å². The lowest BCUT2D eigenvalue weighted by Gasteiger charge is -2.27. The highest BCUT2D eigenvalue weighted by Gasteiger charge is 2.47. The van der Waals surface area contributed by atoms with Crippen molar-refractivity contribution in [1.29, 1.82) is 0 Å². The molecular weight excluding hydrogens is 396 g/mol. The molecule has 2 aliphatic heterocycles. The molecule has 1 amide bonds. The number of rotatable bonds is 3. The molecule has 3 heterocycles. The number of amides is 1. The molecular formula is C24H18N2O5. The molecule has 1 fully saturated rings. The van der Waals surface area contributed by atoms with E-state index in [0.717, 1.165) is 0 Å². The Balaban J connectivity index is 1.69. The van der Waals surface area contributed by atoms with Gasteiger partial charge < -0.3 is 14.6 Å². The van der Waals surface area contributed by atoms with Crippen molar-refractivity contribution in [3.05, 3.63) is 89.8 Å². The van der Waals surface area contributed by atoms with Gasteiger partial charge in [-0.05, 0) is 29.8 Å². The maximum absolute atomic E-state index is 13.2. The number of carbonyl (C=O) groups is 2. The molecule has 1 atom stereocenters. The van der Waals surface area contributed by atoms with Crippen LogP contribution in [-0.2, 0) is 9.59 Å². The third-order valence-electron chi connectivity index (χ3n) is 5.32. The van der Waals surface area contributed by atoms with Gasteiger partial charge in [-0.15, -0.1) is 0 Å². The van der Waals surface area contributed by atoms with Crippen LogP contribution in [0.1, 0.15) is 17.2 Å². The molecule has 1 unspecified atom stereocenters. The Labute approximate surface area is 178 Å². The minimum atomic E-state index is -0.795. The predicted octanol–water partition coefficient (Wildman–Crippen LogP) is 3.48. The van der Waals surface area contributed by atoms with Crippen LogP contribution in [0.25, 0.3) is 5.76 Å². The average Bonchev–Trinajstić information content (AvgIpc) is 3.10. The maximum Gasteiger partial charge on any atom is 0.300 e. The van der Waals surface area contributed by atoms with Crippen LogP contribution in [-0.4, -0.2) is 35.0 Å². The summed E-state index contributed by atoms with van der Waals surface area (Å²) in [5.74, 6) is -0.625. The van der Waals surface area contributed by atoms with E-state index in [4.69, 9.17) is 9.47 Å². The molecule has 2 aromatic carbocycles. The number of ether oxygens (including phenoxy) is 2. The number of benzene rings is 2. The van der Waals surface area contributed by atoms with E-state index in [-0.39, 0.29) is 11.3 Å². The van der Waals surface area contributed by atoms with Crippen LogP contribution in [0.5, 0.6) is 11.5 Å². The first-order chi connectivity index (χ1) is 15.1. The van der Waals surface area contributed by atoms with Gasteiger partial charge in [-0.2, -0.15) is 0 Å². The molecule has 0 saturated carbocycles. The zero-order chi connectivity index (χ0) is 21.4. The number of nitrogens with zero attached hydrogens (tertiary/aromatic N) is 2. The van der Waals surface area contributed by atoms with E-state index in [0.29, 0.717) is 41.5 Å². The minimum absolute atomic E-state index is 0.0253. The number of aromatic nitrogens is 1. The van der Waals surface area contributed by atoms with Gasteiger partial charge in [0, 0.05) is 29.7 Å². The first kappa shape index (κ1) is 18.9. The van der Waals surface area contributed by atoms with Crippen LogP contribution in [0.4, 0.5) is 5.69 Å². The lowest BCUT2D eigenvalue weighted by molar-refractivity contribution is -0.132. The first-order valence-electron chi connectivity index (χ1n) is 9.81. The molecule has 3 aromatic rings. The second kappa shape index (κ2) is 7.60. The Bertz CT molecular complexity index is 1190. The molecule has 7 heteroatoms. The average molecular weight is 414 g/mol. The first-order valence-corrected chi connectivity index (χ1v) is 9.81. The molecule has 5 rings (SSSR count). The monoisotopic (exact) mass is 414 g/mol. The molecule has 1 aromatic heterocycles. The third kappa shape index (κ3) is 3.20. The van der Waals surface area contributed by atoms with Gasteiger partial charge in [0.05, 0.1) is 11.6 Å². The number of Topliss-reactive ketones (excluding diaryl/α,β-unsaturated/α-hetero) is 1. The highest BCUT2D eigenvalue weighted by Crippen LogP contribution is 2.44. The van der Waals surface area contributed by atoms with Crippen LogP contribution in [0, 0.1) is 0 Å². The van der Waals surface area contributed by atoms with Crippen LogP contribution < -0.4 is 14.4 Å².